The molecular weight excluding hydrogens is 326 g/mol. The van der Waals surface area contributed by atoms with E-state index in [0.717, 1.165) is 48.7 Å². The van der Waals surface area contributed by atoms with Crippen molar-refractivity contribution in [1.29, 1.82) is 0 Å². The van der Waals surface area contributed by atoms with Gasteiger partial charge in [0.1, 0.15) is 11.6 Å². The van der Waals surface area contributed by atoms with Gasteiger partial charge in [0.15, 0.2) is 0 Å². The summed E-state index contributed by atoms with van der Waals surface area (Å²) in [6.45, 7) is 7.67. The van der Waals surface area contributed by atoms with Crippen LogP contribution in [0, 0.1) is 6.92 Å². The van der Waals surface area contributed by atoms with Crippen LogP contribution in [0.1, 0.15) is 49.0 Å². The van der Waals surface area contributed by atoms with Crippen molar-refractivity contribution in [1.82, 2.24) is 9.88 Å². The first-order valence-corrected chi connectivity index (χ1v) is 9.34. The van der Waals surface area contributed by atoms with Crippen LogP contribution in [-0.4, -0.2) is 36.0 Å². The minimum atomic E-state index is 0.0845. The van der Waals surface area contributed by atoms with Crippen LogP contribution in [0.25, 0.3) is 0 Å². The van der Waals surface area contributed by atoms with Gasteiger partial charge in [-0.25, -0.2) is 4.98 Å². The number of benzene rings is 1. The topological polar surface area (TPSA) is 54.5 Å². The van der Waals surface area contributed by atoms with E-state index in [-0.39, 0.29) is 5.91 Å². The second kappa shape index (κ2) is 9.80. The van der Waals surface area contributed by atoms with Crippen LogP contribution in [0.5, 0.6) is 5.75 Å². The molecule has 1 aromatic heterocycles. The number of hydrogen-bond donors (Lipinski definition) is 1. The Morgan fingerprint density at radius 1 is 1.12 bits per heavy atom. The van der Waals surface area contributed by atoms with Gasteiger partial charge in [-0.2, -0.15) is 0 Å². The molecule has 1 N–H and O–H groups in total. The monoisotopic (exact) mass is 355 g/mol. The molecule has 2 aromatic rings. The number of nitrogens with one attached hydrogen (secondary N) is 1. The number of carbonyl (C=O) groups is 1. The largest absolute Gasteiger partial charge is 0.497 e. The van der Waals surface area contributed by atoms with Gasteiger partial charge in [-0.1, -0.05) is 13.8 Å². The molecule has 26 heavy (non-hydrogen) atoms. The number of methoxy groups -OCH3 is 1. The van der Waals surface area contributed by atoms with Crippen molar-refractivity contribution in [3.05, 3.63) is 47.7 Å². The average molecular weight is 355 g/mol. The molecule has 0 radical (unpaired) electrons. The second-order valence-corrected chi connectivity index (χ2v) is 6.10. The Labute approximate surface area is 156 Å². The number of aromatic nitrogens is 1. The highest BCUT2D eigenvalue weighted by molar-refractivity contribution is 5.94. The summed E-state index contributed by atoms with van der Waals surface area (Å²) < 4.78 is 5.16. The number of anilines is 2. The molecule has 140 valence electrons. The molecule has 1 amide bonds. The summed E-state index contributed by atoms with van der Waals surface area (Å²) >= 11 is 0. The smallest absolute Gasteiger partial charge is 0.255 e. The van der Waals surface area contributed by atoms with Crippen molar-refractivity contribution in [2.75, 3.05) is 25.5 Å². The Kier molecular flexibility index (Phi) is 7.45. The van der Waals surface area contributed by atoms with Crippen LogP contribution in [0.3, 0.4) is 0 Å². The highest BCUT2D eigenvalue weighted by atomic mass is 16.5. The lowest BCUT2D eigenvalue weighted by Gasteiger charge is -2.26. The van der Waals surface area contributed by atoms with Crippen molar-refractivity contribution >= 4 is 17.4 Å². The first-order chi connectivity index (χ1) is 12.7. The van der Waals surface area contributed by atoms with Gasteiger partial charge in [0.05, 0.1) is 12.7 Å². The summed E-state index contributed by atoms with van der Waals surface area (Å²) in [6.07, 6.45) is 5.06. The number of nitrogens with zero attached hydrogens (tertiary/aromatic N) is 2. The summed E-state index contributed by atoms with van der Waals surface area (Å²) in [5.74, 6) is 1.66. The van der Waals surface area contributed by atoms with E-state index in [1.54, 1.807) is 13.3 Å². The first-order valence-electron chi connectivity index (χ1n) is 9.34. The molecular formula is C21H29N3O2. The van der Waals surface area contributed by atoms with Crippen LogP contribution in [0.15, 0.2) is 36.5 Å². The van der Waals surface area contributed by atoms with Gasteiger partial charge < -0.3 is 15.0 Å². The Bertz CT molecular complexity index is 708. The van der Waals surface area contributed by atoms with Crippen molar-refractivity contribution in [3.8, 4) is 5.75 Å². The molecule has 0 aliphatic carbocycles. The minimum Gasteiger partial charge on any atom is -0.497 e. The highest BCUT2D eigenvalue weighted by Crippen LogP contribution is 2.22. The summed E-state index contributed by atoms with van der Waals surface area (Å²) in [4.78, 5) is 18.9. The number of aryl methyl sites for hydroxylation is 1. The van der Waals surface area contributed by atoms with Crippen molar-refractivity contribution < 1.29 is 9.53 Å². The number of piperidine rings is 1. The van der Waals surface area contributed by atoms with E-state index in [0.29, 0.717) is 5.56 Å². The summed E-state index contributed by atoms with van der Waals surface area (Å²) in [7, 11) is 1.65. The average Bonchev–Trinajstić information content (AvgIpc) is 2.71. The molecule has 3 rings (SSSR count). The van der Waals surface area contributed by atoms with Crippen molar-refractivity contribution in [3.63, 3.8) is 0 Å². The number of carbonyl (C=O) groups excluding carboxylic acids is 1. The lowest BCUT2D eigenvalue weighted by molar-refractivity contribution is 0.0724. The lowest BCUT2D eigenvalue weighted by Crippen LogP contribution is -2.35. The van der Waals surface area contributed by atoms with Crippen LogP contribution < -0.4 is 10.1 Å². The third kappa shape index (κ3) is 4.97. The van der Waals surface area contributed by atoms with Gasteiger partial charge in [0, 0.05) is 25.0 Å². The van der Waals surface area contributed by atoms with Gasteiger partial charge in [-0.15, -0.1) is 0 Å². The van der Waals surface area contributed by atoms with E-state index < -0.39 is 0 Å². The maximum Gasteiger partial charge on any atom is 0.255 e. The van der Waals surface area contributed by atoms with Gasteiger partial charge in [0.25, 0.3) is 5.91 Å². The third-order valence-electron chi connectivity index (χ3n) is 4.32. The van der Waals surface area contributed by atoms with Gasteiger partial charge >= 0.3 is 0 Å². The first kappa shape index (κ1) is 19.8. The maximum absolute atomic E-state index is 12.5. The number of pyridine rings is 1. The molecule has 0 spiro atoms. The summed E-state index contributed by atoms with van der Waals surface area (Å²) in [6, 6.07) is 9.58. The quantitative estimate of drug-likeness (QED) is 0.856. The van der Waals surface area contributed by atoms with Crippen molar-refractivity contribution in [2.45, 2.75) is 40.0 Å². The SMILES string of the molecule is CC.COc1ccc(Nc2ncc(C(=O)N3CCCCC3)cc2C)cc1. The predicted octanol–water partition coefficient (Wildman–Crippen LogP) is 4.79. The number of hydrogen-bond acceptors (Lipinski definition) is 4. The van der Waals surface area contributed by atoms with Crippen LogP contribution in [-0.2, 0) is 0 Å². The molecule has 0 saturated carbocycles. The Hall–Kier alpha value is -2.56. The predicted molar refractivity (Wildman–Crippen MR) is 106 cm³/mol. The Morgan fingerprint density at radius 2 is 1.77 bits per heavy atom. The standard InChI is InChI=1S/C19H23N3O2.C2H6/c1-14-12-15(19(23)22-10-4-3-5-11-22)13-20-18(14)21-16-6-8-17(24-2)9-7-16;1-2/h6-9,12-13H,3-5,10-11H2,1-2H3,(H,20,21);1-2H3. The van der Waals surface area contributed by atoms with Gasteiger partial charge in [0.2, 0.25) is 0 Å². The van der Waals surface area contributed by atoms with Crippen LogP contribution in [0.2, 0.25) is 0 Å². The van der Waals surface area contributed by atoms with Gasteiger partial charge in [-0.3, -0.25) is 4.79 Å². The molecule has 5 heteroatoms. The number of likely N-dealkylation sites (tertiary alicyclic amines) is 1. The number of amides is 1. The normalized spacial score (nSPS) is 13.5. The van der Waals surface area contributed by atoms with E-state index in [2.05, 4.69) is 10.3 Å². The van der Waals surface area contributed by atoms with E-state index >= 15 is 0 Å². The zero-order chi connectivity index (χ0) is 18.9. The number of rotatable bonds is 4. The molecule has 1 aliphatic heterocycles. The van der Waals surface area contributed by atoms with E-state index in [9.17, 15) is 4.79 Å². The molecule has 0 bridgehead atoms. The minimum absolute atomic E-state index is 0.0845. The van der Waals surface area contributed by atoms with E-state index in [1.807, 2.05) is 56.0 Å². The molecule has 1 aromatic carbocycles. The number of ether oxygens (including phenoxy) is 1. The van der Waals surface area contributed by atoms with E-state index in [1.165, 1.54) is 6.42 Å². The Morgan fingerprint density at radius 3 is 2.35 bits per heavy atom. The maximum atomic E-state index is 12.5. The lowest BCUT2D eigenvalue weighted by atomic mass is 10.1. The molecule has 1 saturated heterocycles. The molecule has 1 aliphatic rings. The zero-order valence-corrected chi connectivity index (χ0v) is 16.2. The molecule has 0 atom stereocenters. The highest BCUT2D eigenvalue weighted by Gasteiger charge is 2.19. The summed E-state index contributed by atoms with van der Waals surface area (Å²) in [5.41, 5.74) is 2.55. The van der Waals surface area contributed by atoms with Crippen molar-refractivity contribution in [2.24, 2.45) is 0 Å². The zero-order valence-electron chi connectivity index (χ0n) is 16.2. The Balaban J connectivity index is 0.00000117. The van der Waals surface area contributed by atoms with Crippen LogP contribution in [0.4, 0.5) is 11.5 Å². The third-order valence-corrected chi connectivity index (χ3v) is 4.32. The second-order valence-electron chi connectivity index (χ2n) is 6.10. The molecule has 1 fully saturated rings. The molecule has 2 heterocycles. The molecule has 0 unspecified atom stereocenters. The fraction of sp³-hybridized carbons (Fsp3) is 0.429. The molecule has 5 nitrogen and oxygen atoms in total. The van der Waals surface area contributed by atoms with Crippen LogP contribution >= 0.6 is 0 Å². The fourth-order valence-corrected chi connectivity index (χ4v) is 2.91. The van der Waals surface area contributed by atoms with E-state index in [4.69, 9.17) is 4.74 Å². The van der Waals surface area contributed by atoms with Gasteiger partial charge in [-0.05, 0) is 62.1 Å². The summed E-state index contributed by atoms with van der Waals surface area (Å²) in [5, 5.41) is 3.28. The fourth-order valence-electron chi connectivity index (χ4n) is 2.91.